The first-order chi connectivity index (χ1) is 10.1. The summed E-state index contributed by atoms with van der Waals surface area (Å²) in [7, 11) is 0. The van der Waals surface area contributed by atoms with Crippen molar-refractivity contribution in [3.05, 3.63) is 0 Å². The van der Waals surface area contributed by atoms with E-state index in [4.69, 9.17) is 17.3 Å². The summed E-state index contributed by atoms with van der Waals surface area (Å²) in [4.78, 5) is 24.0. The summed E-state index contributed by atoms with van der Waals surface area (Å²) in [6.07, 6.45) is -0.569. The van der Waals surface area contributed by atoms with Crippen LogP contribution in [0.4, 0.5) is 4.79 Å². The normalized spacial score (nSPS) is 15.6. The third kappa shape index (κ3) is 11.1. The Morgan fingerprint density at radius 2 is 1.62 bits per heavy atom. The zero-order chi connectivity index (χ0) is 18.5. The molecule has 6 heteroatoms. The Morgan fingerprint density at radius 1 is 1.10 bits per heavy atom. The monoisotopic (exact) mass is 306 g/mol. The van der Waals surface area contributed by atoms with Gasteiger partial charge in [0, 0.05) is 6.56 Å². The standard InChI is InChI=1S/C15H29NO5/c1-14(2,3)20-12(18)11(9-7-8-10-17)16-13(19)21-15(4,5)6/h11,17H,7-10H2,1-6H3,(H,16,19)/t11-/m0/s1/i10+1D2. The summed E-state index contributed by atoms with van der Waals surface area (Å²) < 4.78 is 24.5. The van der Waals surface area contributed by atoms with Crippen molar-refractivity contribution in [3.8, 4) is 0 Å². The predicted molar refractivity (Wildman–Crippen MR) is 79.9 cm³/mol. The molecule has 6 nitrogen and oxygen atoms in total. The van der Waals surface area contributed by atoms with Crippen LogP contribution in [0.15, 0.2) is 0 Å². The van der Waals surface area contributed by atoms with Gasteiger partial charge in [0.2, 0.25) is 0 Å². The van der Waals surface area contributed by atoms with Crippen LogP contribution in [0.25, 0.3) is 0 Å². The molecule has 21 heavy (non-hydrogen) atoms. The number of alkyl carbamates (subject to hydrolysis) is 1. The number of carbonyl (C=O) groups is 2. The highest BCUT2D eigenvalue weighted by molar-refractivity contribution is 5.81. The zero-order valence-corrected chi connectivity index (χ0v) is 13.8. The minimum absolute atomic E-state index is 0.133. The Morgan fingerprint density at radius 3 is 2.05 bits per heavy atom. The van der Waals surface area contributed by atoms with E-state index in [1.807, 2.05) is 0 Å². The van der Waals surface area contributed by atoms with Crippen molar-refractivity contribution in [2.75, 3.05) is 6.56 Å². The summed E-state index contributed by atoms with van der Waals surface area (Å²) in [6, 6.07) is -0.966. The molecule has 2 N–H and O–H groups in total. The topological polar surface area (TPSA) is 84.9 Å². The van der Waals surface area contributed by atoms with E-state index in [2.05, 4.69) is 5.32 Å². The zero-order valence-electron chi connectivity index (χ0n) is 15.8. The lowest BCUT2D eigenvalue weighted by molar-refractivity contribution is -0.157. The second-order valence-corrected chi connectivity index (χ2v) is 6.78. The van der Waals surface area contributed by atoms with E-state index in [-0.39, 0.29) is 19.3 Å². The summed E-state index contributed by atoms with van der Waals surface area (Å²) in [5.74, 6) is -0.623. The van der Waals surface area contributed by atoms with Crippen molar-refractivity contribution >= 4 is 12.1 Å². The number of carbonyl (C=O) groups excluding carboxylic acids is 2. The van der Waals surface area contributed by atoms with Gasteiger partial charge in [-0.1, -0.05) is 0 Å². The number of aliphatic hydroxyl groups is 1. The van der Waals surface area contributed by atoms with E-state index < -0.39 is 35.9 Å². The molecule has 0 fully saturated rings. The molecule has 0 aromatic heterocycles. The summed E-state index contributed by atoms with van der Waals surface area (Å²) in [5, 5.41) is 11.5. The van der Waals surface area contributed by atoms with Gasteiger partial charge in [-0.2, -0.15) is 0 Å². The molecule has 0 aliphatic heterocycles. The van der Waals surface area contributed by atoms with Crippen molar-refractivity contribution in [2.24, 2.45) is 0 Å². The van der Waals surface area contributed by atoms with Gasteiger partial charge in [0.05, 0.1) is 2.74 Å². The van der Waals surface area contributed by atoms with Crippen LogP contribution in [-0.4, -0.2) is 41.0 Å². The lowest BCUT2D eigenvalue weighted by atomic mass is 10.1. The molecule has 0 bridgehead atoms. The van der Waals surface area contributed by atoms with Gasteiger partial charge in [-0.3, -0.25) is 0 Å². The average Bonchev–Trinajstić information content (AvgIpc) is 2.20. The highest BCUT2D eigenvalue weighted by Gasteiger charge is 2.28. The molecule has 0 heterocycles. The van der Waals surface area contributed by atoms with Crippen LogP contribution in [0.2, 0.25) is 0 Å². The highest BCUT2D eigenvalue weighted by atomic mass is 16.6. The number of amides is 1. The maximum atomic E-state index is 12.2. The average molecular weight is 306 g/mol. The minimum Gasteiger partial charge on any atom is -0.458 e. The Bertz CT molecular complexity index is 408. The Kier molecular flexibility index (Phi) is 6.29. The second-order valence-electron chi connectivity index (χ2n) is 6.78. The van der Waals surface area contributed by atoms with E-state index in [1.54, 1.807) is 41.5 Å². The SMILES string of the molecule is [2H][13C]([2H])(O)CCC[C@H](NC(=O)OC(C)(C)C)C(=O)OC(C)(C)C. The van der Waals surface area contributed by atoms with Gasteiger partial charge in [0.25, 0.3) is 0 Å². The predicted octanol–water partition coefficient (Wildman–Crippen LogP) is 2.38. The smallest absolute Gasteiger partial charge is 0.408 e. The molecule has 0 aliphatic rings. The van der Waals surface area contributed by atoms with E-state index in [0.717, 1.165) is 0 Å². The van der Waals surface area contributed by atoms with Crippen LogP contribution >= 0.6 is 0 Å². The van der Waals surface area contributed by atoms with Crippen molar-refractivity contribution in [2.45, 2.75) is 78.0 Å². The van der Waals surface area contributed by atoms with Crippen LogP contribution in [0.3, 0.4) is 0 Å². The minimum atomic E-state index is -2.32. The second kappa shape index (κ2) is 8.22. The lowest BCUT2D eigenvalue weighted by Crippen LogP contribution is -2.46. The fourth-order valence-electron chi connectivity index (χ4n) is 1.46. The first-order valence-electron chi connectivity index (χ1n) is 8.04. The lowest BCUT2D eigenvalue weighted by Gasteiger charge is -2.26. The van der Waals surface area contributed by atoms with E-state index in [0.29, 0.717) is 0 Å². The van der Waals surface area contributed by atoms with E-state index in [1.165, 1.54) is 0 Å². The maximum Gasteiger partial charge on any atom is 0.408 e. The van der Waals surface area contributed by atoms with Crippen LogP contribution in [0.5, 0.6) is 0 Å². The Hall–Kier alpha value is -1.30. The fraction of sp³-hybridized carbons (Fsp3) is 0.867. The van der Waals surface area contributed by atoms with Gasteiger partial charge in [-0.05, 0) is 60.8 Å². The van der Waals surface area contributed by atoms with Crippen LogP contribution in [0, 0.1) is 0 Å². The molecule has 0 saturated carbocycles. The maximum absolute atomic E-state index is 12.2. The molecule has 1 atom stereocenters. The number of ether oxygens (including phenoxy) is 2. The molecule has 1 amide bonds. The molecule has 0 saturated heterocycles. The molecule has 0 spiro atoms. The first-order valence-corrected chi connectivity index (χ1v) is 7.04. The third-order valence-electron chi connectivity index (χ3n) is 2.16. The van der Waals surface area contributed by atoms with Gasteiger partial charge in [-0.15, -0.1) is 0 Å². The largest absolute Gasteiger partial charge is 0.458 e. The van der Waals surface area contributed by atoms with Crippen molar-refractivity contribution in [1.82, 2.24) is 5.32 Å². The fourth-order valence-corrected chi connectivity index (χ4v) is 1.46. The number of rotatable bonds is 6. The first kappa shape index (κ1) is 16.1. The van der Waals surface area contributed by atoms with Crippen LogP contribution in [-0.2, 0) is 14.3 Å². The quantitative estimate of drug-likeness (QED) is 0.581. The van der Waals surface area contributed by atoms with Gasteiger partial charge < -0.3 is 19.9 Å². The molecule has 0 rings (SSSR count). The Balaban J connectivity index is 4.79. The molecular weight excluding hydrogens is 275 g/mol. The van der Waals surface area contributed by atoms with Crippen LogP contribution < -0.4 is 5.32 Å². The third-order valence-corrected chi connectivity index (χ3v) is 2.16. The number of nitrogens with one attached hydrogen (secondary N) is 1. The van der Waals surface area contributed by atoms with E-state index in [9.17, 15) is 9.59 Å². The van der Waals surface area contributed by atoms with Crippen molar-refractivity contribution in [3.63, 3.8) is 0 Å². The van der Waals surface area contributed by atoms with Crippen LogP contribution in [0.1, 0.15) is 63.5 Å². The van der Waals surface area contributed by atoms with Gasteiger partial charge >= 0.3 is 12.1 Å². The number of hydrogen-bond donors (Lipinski definition) is 2. The molecule has 0 radical (unpaired) electrons. The molecular formula is C15H29NO5. The van der Waals surface area contributed by atoms with Crippen molar-refractivity contribution in [1.29, 1.82) is 0 Å². The number of hydrogen-bond acceptors (Lipinski definition) is 5. The van der Waals surface area contributed by atoms with Gasteiger partial charge in [0.15, 0.2) is 0 Å². The molecule has 0 aromatic carbocycles. The molecule has 124 valence electrons. The Labute approximate surface area is 130 Å². The molecule has 0 aromatic rings. The summed E-state index contributed by atoms with van der Waals surface area (Å²) in [6.45, 7) is 7.93. The van der Waals surface area contributed by atoms with Gasteiger partial charge in [-0.25, -0.2) is 9.59 Å². The molecule has 0 unspecified atom stereocenters. The summed E-state index contributed by atoms with van der Waals surface area (Å²) in [5.41, 5.74) is -1.41. The van der Waals surface area contributed by atoms with E-state index >= 15 is 0 Å². The number of esters is 1. The van der Waals surface area contributed by atoms with Crippen molar-refractivity contribution < 1.29 is 26.9 Å². The van der Waals surface area contributed by atoms with Gasteiger partial charge in [0.1, 0.15) is 17.2 Å². The molecule has 0 aliphatic carbocycles. The summed E-state index contributed by atoms with van der Waals surface area (Å²) >= 11 is 0. The highest BCUT2D eigenvalue weighted by Crippen LogP contribution is 2.13.